The molecule has 0 aromatic heterocycles. The Morgan fingerprint density at radius 3 is 2.33 bits per heavy atom. The van der Waals surface area contributed by atoms with Gasteiger partial charge in [0.2, 0.25) is 0 Å². The maximum absolute atomic E-state index is 13.0. The van der Waals surface area contributed by atoms with E-state index in [1.165, 1.54) is 5.57 Å². The van der Waals surface area contributed by atoms with E-state index < -0.39 is 36.6 Å². The highest BCUT2D eigenvalue weighted by Gasteiger charge is 2.69. The Kier molecular flexibility index (Phi) is 8.48. The molecule has 0 aliphatic heterocycles. The lowest BCUT2D eigenvalue weighted by molar-refractivity contribution is -0.370. The first kappa shape index (κ1) is 29.2. The van der Waals surface area contributed by atoms with Gasteiger partial charge in [0, 0.05) is 6.42 Å². The minimum Gasteiger partial charge on any atom is -0.393 e. The molecule has 0 spiro atoms. The number of aliphatic hydroxyl groups is 3. The van der Waals surface area contributed by atoms with Gasteiger partial charge < -0.3 is 15.3 Å². The van der Waals surface area contributed by atoms with Crippen LogP contribution in [0.1, 0.15) is 78.1 Å². The van der Waals surface area contributed by atoms with Crippen LogP contribution < -0.4 is 0 Å². The van der Waals surface area contributed by atoms with Gasteiger partial charge in [-0.2, -0.15) is 26.3 Å². The fraction of sp³-hybridized carbons (Fsp3) is 0.778. The molecule has 0 aromatic rings. The number of hydrogen-bond acceptors (Lipinski definition) is 3. The van der Waals surface area contributed by atoms with Crippen LogP contribution >= 0.6 is 0 Å². The molecule has 0 bridgehead atoms. The molecule has 36 heavy (non-hydrogen) atoms. The lowest BCUT2D eigenvalue weighted by atomic mass is 9.60. The second-order valence-corrected chi connectivity index (χ2v) is 11.4. The Morgan fingerprint density at radius 2 is 1.72 bits per heavy atom. The molecule has 206 valence electrons. The zero-order valence-electron chi connectivity index (χ0n) is 20.9. The molecule has 3 rings (SSSR count). The molecule has 0 saturated heterocycles. The summed E-state index contributed by atoms with van der Waals surface area (Å²) in [6.07, 6.45) is -5.24. The van der Waals surface area contributed by atoms with E-state index in [0.29, 0.717) is 12.0 Å². The van der Waals surface area contributed by atoms with Gasteiger partial charge >= 0.3 is 12.4 Å². The first-order chi connectivity index (χ1) is 16.5. The van der Waals surface area contributed by atoms with Gasteiger partial charge in [0.1, 0.15) is 0 Å². The highest BCUT2D eigenvalue weighted by molar-refractivity contribution is 5.38. The van der Waals surface area contributed by atoms with Crippen molar-refractivity contribution in [1.82, 2.24) is 0 Å². The van der Waals surface area contributed by atoms with Gasteiger partial charge in [-0.3, -0.25) is 0 Å². The van der Waals surface area contributed by atoms with Gasteiger partial charge in [-0.1, -0.05) is 44.6 Å². The van der Waals surface area contributed by atoms with Crippen LogP contribution in [-0.2, 0) is 0 Å². The van der Waals surface area contributed by atoms with E-state index in [0.717, 1.165) is 37.7 Å². The Balaban J connectivity index is 1.69. The highest BCUT2D eigenvalue weighted by atomic mass is 19.4. The SMILES string of the molecule is C=C1/C(=C\C=C2/CCC[C@]3(C)[C@@H]([C@H](C)CCCC(O)(C(F)(F)F)C(F)(F)F)CC[C@@H]23)C[C@H](O)C[C@H]1O. The van der Waals surface area contributed by atoms with Crippen molar-refractivity contribution < 1.29 is 41.7 Å². The topological polar surface area (TPSA) is 60.7 Å². The Labute approximate surface area is 209 Å². The third kappa shape index (κ3) is 5.58. The molecule has 0 unspecified atom stereocenters. The fourth-order valence-corrected chi connectivity index (χ4v) is 7.00. The molecule has 0 heterocycles. The van der Waals surface area contributed by atoms with Crippen molar-refractivity contribution in [3.8, 4) is 0 Å². The molecule has 3 fully saturated rings. The molecule has 9 heteroatoms. The number of hydrogen-bond donors (Lipinski definition) is 3. The molecule has 3 nitrogen and oxygen atoms in total. The number of rotatable bonds is 6. The molecule has 0 aromatic carbocycles. The smallest absolute Gasteiger partial charge is 0.393 e. The van der Waals surface area contributed by atoms with Crippen molar-refractivity contribution >= 4 is 0 Å². The van der Waals surface area contributed by atoms with Gasteiger partial charge in [-0.15, -0.1) is 0 Å². The van der Waals surface area contributed by atoms with E-state index in [1.807, 2.05) is 13.0 Å². The van der Waals surface area contributed by atoms with Crippen molar-refractivity contribution in [1.29, 1.82) is 0 Å². The van der Waals surface area contributed by atoms with Gasteiger partial charge in [-0.25, -0.2) is 0 Å². The van der Waals surface area contributed by atoms with Gasteiger partial charge in [0.15, 0.2) is 0 Å². The third-order valence-electron chi connectivity index (χ3n) is 9.12. The maximum Gasteiger partial charge on any atom is 0.426 e. The Morgan fingerprint density at radius 1 is 1.08 bits per heavy atom. The molecule has 0 radical (unpaired) electrons. The van der Waals surface area contributed by atoms with Crippen molar-refractivity contribution in [2.45, 2.75) is 108 Å². The second-order valence-electron chi connectivity index (χ2n) is 11.4. The number of aliphatic hydroxyl groups excluding tert-OH is 2. The zero-order valence-corrected chi connectivity index (χ0v) is 20.9. The predicted octanol–water partition coefficient (Wildman–Crippen LogP) is 6.79. The summed E-state index contributed by atoms with van der Waals surface area (Å²) in [4.78, 5) is 0. The standard InChI is InChI=1S/C27H38F6O3/c1-16(6-4-13-25(36,26(28,29)30)27(31,32)33)21-10-11-22-18(7-5-12-24(21,22)3)8-9-19-14-20(34)15-23(35)17(19)2/h8-9,16,20-23,34-36H,2,4-7,10-15H2,1,3H3/b18-8+,19-9-/t16-,20+,21-,22+,23-,24-/m1/s1. The summed E-state index contributed by atoms with van der Waals surface area (Å²) >= 11 is 0. The average molecular weight is 525 g/mol. The molecule has 3 aliphatic rings. The second kappa shape index (κ2) is 10.4. The fourth-order valence-electron chi connectivity index (χ4n) is 7.00. The van der Waals surface area contributed by atoms with E-state index in [2.05, 4.69) is 19.6 Å². The zero-order chi connectivity index (χ0) is 27.1. The highest BCUT2D eigenvalue weighted by Crippen LogP contribution is 2.60. The quantitative estimate of drug-likeness (QED) is 0.336. The number of allylic oxidation sites excluding steroid dienone is 3. The van der Waals surface area contributed by atoms with E-state index in [-0.39, 0.29) is 42.4 Å². The van der Waals surface area contributed by atoms with Crippen LogP contribution in [0.5, 0.6) is 0 Å². The van der Waals surface area contributed by atoms with Gasteiger partial charge in [0.05, 0.1) is 12.2 Å². The Hall–Kier alpha value is -1.32. The van der Waals surface area contributed by atoms with Crippen molar-refractivity contribution in [2.24, 2.45) is 23.2 Å². The van der Waals surface area contributed by atoms with Crippen LogP contribution in [0.2, 0.25) is 0 Å². The molecular formula is C27H38F6O3. The molecule has 6 atom stereocenters. The minimum atomic E-state index is -5.77. The first-order valence-corrected chi connectivity index (χ1v) is 12.8. The number of halogens is 6. The van der Waals surface area contributed by atoms with Crippen LogP contribution in [0.4, 0.5) is 26.3 Å². The van der Waals surface area contributed by atoms with E-state index in [9.17, 15) is 41.7 Å². The minimum absolute atomic E-state index is 0.0770. The molecule has 3 aliphatic carbocycles. The summed E-state index contributed by atoms with van der Waals surface area (Å²) in [5.41, 5.74) is -2.08. The number of fused-ring (bicyclic) bond motifs is 1. The molecule has 0 amide bonds. The largest absolute Gasteiger partial charge is 0.426 e. The lowest BCUT2D eigenvalue weighted by Gasteiger charge is -2.44. The van der Waals surface area contributed by atoms with Crippen molar-refractivity contribution in [2.75, 3.05) is 0 Å². The van der Waals surface area contributed by atoms with Crippen molar-refractivity contribution in [3.63, 3.8) is 0 Å². The van der Waals surface area contributed by atoms with Crippen molar-refractivity contribution in [3.05, 3.63) is 35.5 Å². The number of alkyl halides is 6. The third-order valence-corrected chi connectivity index (χ3v) is 9.12. The Bertz CT molecular complexity index is 860. The van der Waals surface area contributed by atoms with E-state index in [1.54, 1.807) is 0 Å². The van der Waals surface area contributed by atoms with Gasteiger partial charge in [-0.05, 0) is 85.7 Å². The summed E-state index contributed by atoms with van der Waals surface area (Å²) in [5.74, 6) is 0.355. The van der Waals surface area contributed by atoms with Crippen LogP contribution in [0.3, 0.4) is 0 Å². The average Bonchev–Trinajstić information content (AvgIpc) is 3.11. The summed E-state index contributed by atoms with van der Waals surface area (Å²) in [7, 11) is 0. The molecular weight excluding hydrogens is 486 g/mol. The summed E-state index contributed by atoms with van der Waals surface area (Å²) in [6.45, 7) is 8.03. The van der Waals surface area contributed by atoms with Crippen LogP contribution in [0, 0.1) is 23.2 Å². The first-order valence-electron chi connectivity index (χ1n) is 12.8. The molecule has 3 N–H and O–H groups in total. The monoisotopic (exact) mass is 524 g/mol. The lowest BCUT2D eigenvalue weighted by Crippen LogP contribution is -2.56. The normalized spacial score (nSPS) is 35.4. The van der Waals surface area contributed by atoms with Crippen LogP contribution in [0.25, 0.3) is 0 Å². The van der Waals surface area contributed by atoms with E-state index >= 15 is 0 Å². The predicted molar refractivity (Wildman–Crippen MR) is 125 cm³/mol. The van der Waals surface area contributed by atoms with Crippen LogP contribution in [-0.4, -0.2) is 45.5 Å². The van der Waals surface area contributed by atoms with E-state index in [4.69, 9.17) is 0 Å². The van der Waals surface area contributed by atoms with Crippen LogP contribution in [0.15, 0.2) is 35.5 Å². The molecule has 3 saturated carbocycles. The maximum atomic E-state index is 13.0. The van der Waals surface area contributed by atoms with Gasteiger partial charge in [0.25, 0.3) is 5.60 Å². The summed E-state index contributed by atoms with van der Waals surface area (Å²) in [6, 6.07) is 0. The summed E-state index contributed by atoms with van der Waals surface area (Å²) < 4.78 is 78.1. The summed E-state index contributed by atoms with van der Waals surface area (Å²) in [5, 5.41) is 29.5.